The molecule has 0 spiro atoms. The molecule has 2 nitrogen and oxygen atoms in total. The van der Waals surface area contributed by atoms with Gasteiger partial charge in [-0.1, -0.05) is 94.1 Å². The third-order valence-electron chi connectivity index (χ3n) is 6.92. The van der Waals surface area contributed by atoms with Crippen molar-refractivity contribution in [3.63, 3.8) is 0 Å². The van der Waals surface area contributed by atoms with Crippen molar-refractivity contribution in [1.82, 2.24) is 0 Å². The van der Waals surface area contributed by atoms with E-state index in [1.807, 2.05) is 66.7 Å². The van der Waals surface area contributed by atoms with Crippen LogP contribution < -0.4 is 10.6 Å². The van der Waals surface area contributed by atoms with Crippen molar-refractivity contribution in [2.75, 3.05) is 6.16 Å². The van der Waals surface area contributed by atoms with E-state index in [1.54, 1.807) is 0 Å². The molecule has 32 heavy (non-hydrogen) atoms. The van der Waals surface area contributed by atoms with Crippen molar-refractivity contribution in [2.45, 2.75) is 64.0 Å². The summed E-state index contributed by atoms with van der Waals surface area (Å²) in [5, 5.41) is 1.69. The summed E-state index contributed by atoms with van der Waals surface area (Å²) in [7, 11) is -4.91. The van der Waals surface area contributed by atoms with Crippen molar-refractivity contribution in [1.29, 1.82) is 0 Å². The summed E-state index contributed by atoms with van der Waals surface area (Å²) < 4.78 is 35.8. The van der Waals surface area contributed by atoms with Gasteiger partial charge in [0.05, 0.1) is 6.10 Å². The van der Waals surface area contributed by atoms with Crippen molar-refractivity contribution in [3.8, 4) is 0 Å². The molecule has 0 aromatic heterocycles. The Morgan fingerprint density at radius 2 is 1.56 bits per heavy atom. The lowest BCUT2D eigenvalue weighted by atomic mass is 9.87. The highest BCUT2D eigenvalue weighted by molar-refractivity contribution is 7.78. The van der Waals surface area contributed by atoms with Gasteiger partial charge in [0.1, 0.15) is 13.3 Å². The van der Waals surface area contributed by atoms with Crippen LogP contribution in [0.15, 0.2) is 84.5 Å². The average Bonchev–Trinajstić information content (AvgIpc) is 2.75. The number of halogens is 1. The van der Waals surface area contributed by atoms with Gasteiger partial charge in [-0.15, -0.1) is 0 Å². The van der Waals surface area contributed by atoms with Gasteiger partial charge in [-0.2, -0.15) is 0 Å². The Kier molecular flexibility index (Phi) is 7.49. The minimum Gasteiger partial charge on any atom is -0.413 e. The normalized spacial score (nSPS) is 21.7. The predicted octanol–water partition coefficient (Wildman–Crippen LogP) is 7.01. The highest BCUT2D eigenvalue weighted by atomic mass is 31.2. The van der Waals surface area contributed by atoms with E-state index in [0.717, 1.165) is 16.2 Å². The van der Waals surface area contributed by atoms with Gasteiger partial charge >= 0.3 is 0 Å². The van der Waals surface area contributed by atoms with Crippen LogP contribution in [0.3, 0.4) is 0 Å². The lowest BCUT2D eigenvalue weighted by Gasteiger charge is -2.41. The summed E-state index contributed by atoms with van der Waals surface area (Å²) in [6, 6.07) is 19.2. The third kappa shape index (κ3) is 5.42. The van der Waals surface area contributed by atoms with Crippen molar-refractivity contribution in [3.05, 3.63) is 84.5 Å². The number of hydrogen-bond acceptors (Lipinski definition) is 2. The molecule has 2 atom stereocenters. The van der Waals surface area contributed by atoms with E-state index in [-0.39, 0.29) is 11.1 Å². The topological polar surface area (TPSA) is 26.3 Å². The second-order valence-electron chi connectivity index (χ2n) is 10.3. The summed E-state index contributed by atoms with van der Waals surface area (Å²) in [6.07, 6.45) is 1.96. The molecule has 2 aromatic rings. The highest BCUT2D eigenvalue weighted by Crippen LogP contribution is 2.45. The second kappa shape index (κ2) is 9.63. The van der Waals surface area contributed by atoms with E-state index in [9.17, 15) is 8.96 Å². The fourth-order valence-corrected chi connectivity index (χ4v) is 7.74. The first-order valence-corrected chi connectivity index (χ1v) is 16.1. The molecule has 0 bridgehead atoms. The molecule has 3 rings (SSSR count). The lowest BCUT2D eigenvalue weighted by Crippen LogP contribution is -2.45. The van der Waals surface area contributed by atoms with Crippen LogP contribution in [0.1, 0.15) is 33.6 Å². The molecular weight excluding hydrogens is 434 g/mol. The van der Waals surface area contributed by atoms with Gasteiger partial charge in [-0.05, 0) is 35.7 Å². The molecule has 0 heterocycles. The standard InChI is InChI=1S/C27H36FO2PSi/c1-21-22(19-23(20-26(21)28)30-32(5,6)27(2,3)4)17-18-31(29,24-13-9-7-10-14-24)25-15-11-8-12-16-25/h7-17,23,26H,1,18-20H2,2-6H3/b22-17-/t23?,26-/m0/s1. The molecule has 1 unspecified atom stereocenters. The van der Waals surface area contributed by atoms with E-state index < -0.39 is 21.6 Å². The molecule has 1 fully saturated rings. The van der Waals surface area contributed by atoms with Crippen LogP contribution in [0.5, 0.6) is 0 Å². The quantitative estimate of drug-likeness (QED) is 0.335. The first-order valence-electron chi connectivity index (χ1n) is 11.3. The zero-order valence-electron chi connectivity index (χ0n) is 20.0. The second-order valence-corrected chi connectivity index (χ2v) is 17.9. The van der Waals surface area contributed by atoms with Gasteiger partial charge in [0.25, 0.3) is 0 Å². The Balaban J connectivity index is 1.90. The van der Waals surface area contributed by atoms with E-state index in [0.29, 0.717) is 24.6 Å². The van der Waals surface area contributed by atoms with Gasteiger partial charge in [0.15, 0.2) is 8.32 Å². The van der Waals surface area contributed by atoms with Gasteiger partial charge < -0.3 is 8.99 Å². The highest BCUT2D eigenvalue weighted by Gasteiger charge is 2.41. The molecule has 0 amide bonds. The number of hydrogen-bond donors (Lipinski definition) is 0. The van der Waals surface area contributed by atoms with E-state index in [2.05, 4.69) is 40.4 Å². The van der Waals surface area contributed by atoms with E-state index >= 15 is 0 Å². The molecule has 5 heteroatoms. The van der Waals surface area contributed by atoms with Crippen molar-refractivity contribution in [2.24, 2.45) is 0 Å². The zero-order chi connectivity index (χ0) is 23.6. The number of alkyl halides is 1. The molecular formula is C27H36FO2PSi. The maximum absolute atomic E-state index is 14.9. The van der Waals surface area contributed by atoms with E-state index in [4.69, 9.17) is 4.43 Å². The predicted molar refractivity (Wildman–Crippen MR) is 138 cm³/mol. The summed E-state index contributed by atoms with van der Waals surface area (Å²) in [5.74, 6) is 0. The SMILES string of the molecule is C=C1/C(=C\CP(=O)(c2ccccc2)c2ccccc2)CC(O[Si](C)(C)C(C)(C)C)C[C@@H]1F. The fraction of sp³-hybridized carbons (Fsp3) is 0.407. The Morgan fingerprint density at radius 1 is 1.06 bits per heavy atom. The first kappa shape index (κ1) is 24.9. The molecule has 1 aliphatic carbocycles. The molecule has 0 saturated heterocycles. The van der Waals surface area contributed by atoms with Gasteiger partial charge in [-0.3, -0.25) is 0 Å². The molecule has 0 aliphatic heterocycles. The Morgan fingerprint density at radius 3 is 2.03 bits per heavy atom. The molecule has 172 valence electrons. The summed E-state index contributed by atoms with van der Waals surface area (Å²) in [4.78, 5) is 0. The summed E-state index contributed by atoms with van der Waals surface area (Å²) >= 11 is 0. The van der Waals surface area contributed by atoms with Crippen LogP contribution >= 0.6 is 7.14 Å². The number of rotatable bonds is 6. The Labute approximate surface area is 194 Å². The maximum Gasteiger partial charge on any atom is 0.192 e. The van der Waals surface area contributed by atoms with Crippen LogP contribution in [0, 0.1) is 0 Å². The van der Waals surface area contributed by atoms with Crippen molar-refractivity contribution >= 4 is 26.1 Å². The van der Waals surface area contributed by atoms with Crippen LogP contribution in [0.25, 0.3) is 0 Å². The lowest BCUT2D eigenvalue weighted by molar-refractivity contribution is 0.131. The first-order chi connectivity index (χ1) is 14.9. The smallest absolute Gasteiger partial charge is 0.192 e. The Hall–Kier alpha value is -1.74. The monoisotopic (exact) mass is 470 g/mol. The average molecular weight is 471 g/mol. The molecule has 1 aliphatic rings. The minimum absolute atomic E-state index is 0.0630. The summed E-state index contributed by atoms with van der Waals surface area (Å²) in [5.41, 5.74) is 1.35. The largest absolute Gasteiger partial charge is 0.413 e. The number of allylic oxidation sites excluding steroid dienone is 2. The van der Waals surface area contributed by atoms with Crippen LogP contribution in [-0.4, -0.2) is 26.8 Å². The van der Waals surface area contributed by atoms with E-state index in [1.165, 1.54) is 0 Å². The van der Waals surface area contributed by atoms with Gasteiger partial charge in [0, 0.05) is 23.2 Å². The third-order valence-corrected chi connectivity index (χ3v) is 14.4. The van der Waals surface area contributed by atoms with Crippen LogP contribution in [0.4, 0.5) is 4.39 Å². The van der Waals surface area contributed by atoms with Crippen LogP contribution in [-0.2, 0) is 8.99 Å². The molecule has 2 aromatic carbocycles. The maximum atomic E-state index is 14.9. The molecule has 0 N–H and O–H groups in total. The Bertz CT molecular complexity index is 965. The molecule has 1 saturated carbocycles. The fourth-order valence-electron chi connectivity index (χ4n) is 3.87. The number of benzene rings is 2. The minimum atomic E-state index is -2.90. The van der Waals surface area contributed by atoms with Crippen LogP contribution in [0.2, 0.25) is 18.1 Å². The van der Waals surface area contributed by atoms with Crippen molar-refractivity contribution < 1.29 is 13.4 Å². The zero-order valence-corrected chi connectivity index (χ0v) is 21.9. The molecule has 0 radical (unpaired) electrons. The van der Waals surface area contributed by atoms with Gasteiger partial charge in [-0.25, -0.2) is 4.39 Å². The summed E-state index contributed by atoms with van der Waals surface area (Å²) in [6.45, 7) is 15.0. The van der Waals surface area contributed by atoms with Gasteiger partial charge in [0.2, 0.25) is 0 Å².